The molecule has 0 amide bonds. The third-order valence-corrected chi connectivity index (χ3v) is 4.82. The van der Waals surface area contributed by atoms with E-state index in [1.54, 1.807) is 0 Å². The number of benzene rings is 1. The molecule has 8 heteroatoms. The first kappa shape index (κ1) is 17.7. The quantitative estimate of drug-likeness (QED) is 0.760. The van der Waals surface area contributed by atoms with Gasteiger partial charge in [0.05, 0.1) is 12.1 Å². The number of sulfonamides is 1. The normalized spacial score (nSPS) is 12.9. The molecule has 0 aliphatic rings. The highest BCUT2D eigenvalue weighted by Crippen LogP contribution is 2.26. The summed E-state index contributed by atoms with van der Waals surface area (Å²) in [6.07, 6.45) is 1.59. The number of methoxy groups -OCH3 is 1. The molecule has 21 heavy (non-hydrogen) atoms. The van der Waals surface area contributed by atoms with Gasteiger partial charge >= 0.3 is 5.97 Å². The Labute approximate surface area is 129 Å². The molecule has 0 heterocycles. The summed E-state index contributed by atoms with van der Waals surface area (Å²) >= 11 is 5.88. The van der Waals surface area contributed by atoms with Crippen molar-refractivity contribution in [3.63, 3.8) is 0 Å². The second-order valence-electron chi connectivity index (χ2n) is 4.45. The van der Waals surface area contributed by atoms with Crippen molar-refractivity contribution in [1.29, 1.82) is 0 Å². The van der Waals surface area contributed by atoms with Crippen LogP contribution in [0.2, 0.25) is 5.02 Å². The maximum Gasteiger partial charge on any atom is 0.321 e. The van der Waals surface area contributed by atoms with E-state index < -0.39 is 22.0 Å². The molecule has 1 aromatic carbocycles. The smallest absolute Gasteiger partial charge is 0.321 e. The number of carbonyl (C=O) groups is 1. The van der Waals surface area contributed by atoms with Crippen molar-refractivity contribution < 1.29 is 23.1 Å². The molecule has 1 atom stereocenters. The van der Waals surface area contributed by atoms with Crippen LogP contribution in [0.3, 0.4) is 0 Å². The summed E-state index contributed by atoms with van der Waals surface area (Å²) < 4.78 is 31.7. The average molecular weight is 336 g/mol. The molecule has 0 aliphatic heterocycles. The number of aliphatic carboxylic acids is 1. The van der Waals surface area contributed by atoms with Crippen LogP contribution in [-0.2, 0) is 14.8 Å². The van der Waals surface area contributed by atoms with Crippen LogP contribution in [0.4, 0.5) is 0 Å². The van der Waals surface area contributed by atoms with Gasteiger partial charge in [-0.1, -0.05) is 31.4 Å². The number of unbranched alkanes of at least 4 members (excludes halogenated alkanes) is 1. The molecular formula is C13H18ClNO5S. The molecule has 0 aromatic heterocycles. The number of carboxylic acids is 1. The number of rotatable bonds is 8. The monoisotopic (exact) mass is 335 g/mol. The van der Waals surface area contributed by atoms with Gasteiger partial charge in [0.25, 0.3) is 0 Å². The minimum Gasteiger partial charge on any atom is -0.497 e. The van der Waals surface area contributed by atoms with Crippen molar-refractivity contribution in [2.24, 2.45) is 0 Å². The summed E-state index contributed by atoms with van der Waals surface area (Å²) in [5.41, 5.74) is 0. The van der Waals surface area contributed by atoms with E-state index in [0.29, 0.717) is 12.2 Å². The summed E-state index contributed by atoms with van der Waals surface area (Å²) in [5, 5.41) is 9.10. The Morgan fingerprint density at radius 2 is 2.14 bits per heavy atom. The Balaban J connectivity index is 3.07. The minimum absolute atomic E-state index is 0.00271. The van der Waals surface area contributed by atoms with Gasteiger partial charge in [-0.15, -0.1) is 0 Å². The second kappa shape index (κ2) is 7.63. The van der Waals surface area contributed by atoms with Gasteiger partial charge in [0.15, 0.2) is 0 Å². The Morgan fingerprint density at radius 3 is 2.67 bits per heavy atom. The molecule has 0 saturated carbocycles. The zero-order chi connectivity index (χ0) is 16.0. The highest BCUT2D eigenvalue weighted by molar-refractivity contribution is 7.89. The molecule has 0 aliphatic carbocycles. The van der Waals surface area contributed by atoms with Crippen LogP contribution >= 0.6 is 11.6 Å². The highest BCUT2D eigenvalue weighted by Gasteiger charge is 2.26. The molecule has 2 N–H and O–H groups in total. The molecule has 6 nitrogen and oxygen atoms in total. The van der Waals surface area contributed by atoms with Gasteiger partial charge in [-0.3, -0.25) is 4.79 Å². The highest BCUT2D eigenvalue weighted by atomic mass is 35.5. The maximum absolute atomic E-state index is 12.3. The molecule has 0 radical (unpaired) electrons. The first-order valence-corrected chi connectivity index (χ1v) is 8.26. The van der Waals surface area contributed by atoms with Crippen LogP contribution in [0.15, 0.2) is 23.1 Å². The number of nitrogens with one attached hydrogen (secondary N) is 1. The van der Waals surface area contributed by atoms with Crippen molar-refractivity contribution in [1.82, 2.24) is 4.72 Å². The third-order valence-electron chi connectivity index (χ3n) is 2.87. The standard InChI is InChI=1S/C13H18ClNO5S/c1-3-4-5-11(13(16)17)15-21(18,19)12-8-9(20-2)6-7-10(12)14/h6-8,11,15H,3-5H2,1-2H3,(H,16,17). The van der Waals surface area contributed by atoms with Crippen LogP contribution in [0, 0.1) is 0 Å². The van der Waals surface area contributed by atoms with Crippen molar-refractivity contribution in [2.75, 3.05) is 7.11 Å². The van der Waals surface area contributed by atoms with Crippen LogP contribution < -0.4 is 9.46 Å². The molecule has 118 valence electrons. The fraction of sp³-hybridized carbons (Fsp3) is 0.462. The Bertz CT molecular complexity index is 603. The van der Waals surface area contributed by atoms with Crippen molar-refractivity contribution in [2.45, 2.75) is 37.1 Å². The van der Waals surface area contributed by atoms with E-state index >= 15 is 0 Å². The molecule has 1 rings (SSSR count). The minimum atomic E-state index is -4.04. The lowest BCUT2D eigenvalue weighted by Crippen LogP contribution is -2.40. The first-order chi connectivity index (χ1) is 9.81. The summed E-state index contributed by atoms with van der Waals surface area (Å²) in [6, 6.07) is 2.98. The van der Waals surface area contributed by atoms with Gasteiger partial charge in [-0.25, -0.2) is 8.42 Å². The van der Waals surface area contributed by atoms with Gasteiger partial charge in [-0.05, 0) is 18.6 Å². The number of hydrogen-bond donors (Lipinski definition) is 2. The molecule has 0 saturated heterocycles. The van der Waals surface area contributed by atoms with Crippen LogP contribution in [0.25, 0.3) is 0 Å². The zero-order valence-corrected chi connectivity index (χ0v) is 13.4. The predicted octanol–water partition coefficient (Wildman–Crippen LogP) is 2.27. The molecular weight excluding hydrogens is 318 g/mol. The molecule has 0 fully saturated rings. The molecule has 1 unspecified atom stereocenters. The van der Waals surface area contributed by atoms with Gasteiger partial charge < -0.3 is 9.84 Å². The fourth-order valence-corrected chi connectivity index (χ4v) is 3.45. The van der Waals surface area contributed by atoms with Gasteiger partial charge in [0.1, 0.15) is 16.7 Å². The van der Waals surface area contributed by atoms with E-state index in [-0.39, 0.29) is 16.3 Å². The zero-order valence-electron chi connectivity index (χ0n) is 11.8. The van der Waals surface area contributed by atoms with Gasteiger partial charge in [0.2, 0.25) is 10.0 Å². The van der Waals surface area contributed by atoms with Gasteiger partial charge in [-0.2, -0.15) is 4.72 Å². The number of ether oxygens (including phenoxy) is 1. The lowest BCUT2D eigenvalue weighted by molar-refractivity contribution is -0.139. The summed E-state index contributed by atoms with van der Waals surface area (Å²) in [5.74, 6) is -0.897. The second-order valence-corrected chi connectivity index (χ2v) is 6.54. The molecule has 0 spiro atoms. The number of halogens is 1. The van der Waals surface area contributed by atoms with Crippen molar-refractivity contribution in [3.05, 3.63) is 23.2 Å². The van der Waals surface area contributed by atoms with E-state index in [1.165, 1.54) is 25.3 Å². The maximum atomic E-state index is 12.3. The Hall–Kier alpha value is -1.31. The number of carboxylic acid groups (broad SMARTS) is 1. The van der Waals surface area contributed by atoms with E-state index in [2.05, 4.69) is 4.72 Å². The SMILES string of the molecule is CCCCC(NS(=O)(=O)c1cc(OC)ccc1Cl)C(=O)O. The van der Waals surface area contributed by atoms with E-state index in [0.717, 1.165) is 6.42 Å². The Kier molecular flexibility index (Phi) is 6.44. The topological polar surface area (TPSA) is 92.7 Å². The Morgan fingerprint density at radius 1 is 1.48 bits per heavy atom. The summed E-state index contributed by atoms with van der Waals surface area (Å²) in [7, 11) is -2.64. The average Bonchev–Trinajstić information content (AvgIpc) is 2.43. The lowest BCUT2D eigenvalue weighted by Gasteiger charge is -2.15. The van der Waals surface area contributed by atoms with Crippen LogP contribution in [-0.4, -0.2) is 32.6 Å². The van der Waals surface area contributed by atoms with Crippen molar-refractivity contribution >= 4 is 27.6 Å². The van der Waals surface area contributed by atoms with Crippen LogP contribution in [0.1, 0.15) is 26.2 Å². The van der Waals surface area contributed by atoms with Crippen molar-refractivity contribution in [3.8, 4) is 5.75 Å². The predicted molar refractivity (Wildman–Crippen MR) is 79.3 cm³/mol. The van der Waals surface area contributed by atoms with E-state index in [9.17, 15) is 13.2 Å². The molecule has 0 bridgehead atoms. The largest absolute Gasteiger partial charge is 0.497 e. The summed E-state index contributed by atoms with van der Waals surface area (Å²) in [4.78, 5) is 10.9. The lowest BCUT2D eigenvalue weighted by atomic mass is 10.1. The molecule has 1 aromatic rings. The van der Waals surface area contributed by atoms with Crippen LogP contribution in [0.5, 0.6) is 5.75 Å². The fourth-order valence-electron chi connectivity index (χ4n) is 1.71. The first-order valence-electron chi connectivity index (χ1n) is 6.40. The third kappa shape index (κ3) is 4.87. The summed E-state index contributed by atoms with van der Waals surface area (Å²) in [6.45, 7) is 1.90. The number of hydrogen-bond acceptors (Lipinski definition) is 4. The van der Waals surface area contributed by atoms with E-state index in [4.69, 9.17) is 21.4 Å². The van der Waals surface area contributed by atoms with E-state index in [1.807, 2.05) is 6.92 Å². The van der Waals surface area contributed by atoms with Gasteiger partial charge in [0, 0.05) is 6.07 Å².